The van der Waals surface area contributed by atoms with E-state index in [0.717, 1.165) is 0 Å². The predicted molar refractivity (Wildman–Crippen MR) is 108 cm³/mol. The first kappa shape index (κ1) is 20.4. The van der Waals surface area contributed by atoms with Crippen LogP contribution in [0.2, 0.25) is 0 Å². The zero-order chi connectivity index (χ0) is 21.0. The summed E-state index contributed by atoms with van der Waals surface area (Å²) in [7, 11) is 5.34. The number of furan rings is 1. The van der Waals surface area contributed by atoms with Gasteiger partial charge in [0.2, 0.25) is 0 Å². The highest BCUT2D eigenvalue weighted by molar-refractivity contribution is 6.14. The van der Waals surface area contributed by atoms with Gasteiger partial charge in [-0.2, -0.15) is 0 Å². The number of hydrogen-bond acceptors (Lipinski definition) is 6. The van der Waals surface area contributed by atoms with Crippen LogP contribution in [-0.4, -0.2) is 60.9 Å². The van der Waals surface area contributed by atoms with Crippen molar-refractivity contribution in [2.45, 2.75) is 6.04 Å². The number of methoxy groups -OCH3 is 1. The summed E-state index contributed by atoms with van der Waals surface area (Å²) < 4.78 is 10.5. The molecule has 0 bridgehead atoms. The van der Waals surface area contributed by atoms with Crippen molar-refractivity contribution in [2.75, 3.05) is 34.3 Å². The molecule has 7 heteroatoms. The molecule has 2 aromatic rings. The Labute approximate surface area is 169 Å². The summed E-state index contributed by atoms with van der Waals surface area (Å²) in [6, 6.07) is 9.87. The fraction of sp³-hybridized carbons (Fsp3) is 0.273. The number of aliphatic hydroxyl groups is 1. The summed E-state index contributed by atoms with van der Waals surface area (Å²) in [5.41, 5.74) is 0.736. The molecule has 0 saturated heterocycles. The molecule has 0 saturated carbocycles. The fourth-order valence-electron chi connectivity index (χ4n) is 3.24. The summed E-state index contributed by atoms with van der Waals surface area (Å²) >= 11 is 0. The van der Waals surface area contributed by atoms with Crippen molar-refractivity contribution in [1.29, 1.82) is 0 Å². The van der Waals surface area contributed by atoms with Gasteiger partial charge in [-0.05, 0) is 56.1 Å². The highest BCUT2D eigenvalue weighted by Crippen LogP contribution is 2.38. The zero-order valence-corrected chi connectivity index (χ0v) is 16.7. The van der Waals surface area contributed by atoms with Gasteiger partial charge in [0.25, 0.3) is 5.91 Å². The maximum absolute atomic E-state index is 13.0. The minimum Gasteiger partial charge on any atom is -0.503 e. The van der Waals surface area contributed by atoms with Crippen LogP contribution in [0.15, 0.2) is 64.5 Å². The van der Waals surface area contributed by atoms with Crippen molar-refractivity contribution in [3.63, 3.8) is 0 Å². The van der Waals surface area contributed by atoms with Gasteiger partial charge in [0.15, 0.2) is 11.5 Å². The van der Waals surface area contributed by atoms with Crippen LogP contribution in [0, 0.1) is 0 Å². The third kappa shape index (κ3) is 4.41. The number of carbonyl (C=O) groups excluding carboxylic acids is 2. The Morgan fingerprint density at radius 1 is 1.31 bits per heavy atom. The van der Waals surface area contributed by atoms with Crippen LogP contribution < -0.4 is 4.74 Å². The van der Waals surface area contributed by atoms with E-state index in [1.807, 2.05) is 25.1 Å². The Morgan fingerprint density at radius 2 is 2.10 bits per heavy atom. The van der Waals surface area contributed by atoms with Crippen molar-refractivity contribution in [1.82, 2.24) is 9.80 Å². The van der Waals surface area contributed by atoms with E-state index in [4.69, 9.17) is 9.15 Å². The smallest absolute Gasteiger partial charge is 0.290 e. The first-order valence-corrected chi connectivity index (χ1v) is 9.21. The molecule has 3 rings (SSSR count). The quantitative estimate of drug-likeness (QED) is 0.691. The molecular formula is C22H24N2O5. The first-order chi connectivity index (χ1) is 13.9. The number of benzene rings is 1. The number of ether oxygens (including phenoxy) is 1. The van der Waals surface area contributed by atoms with Crippen molar-refractivity contribution < 1.29 is 23.8 Å². The van der Waals surface area contributed by atoms with Gasteiger partial charge in [0, 0.05) is 13.1 Å². The molecule has 1 aromatic carbocycles. The van der Waals surface area contributed by atoms with Gasteiger partial charge in [-0.15, -0.1) is 0 Å². The summed E-state index contributed by atoms with van der Waals surface area (Å²) in [4.78, 5) is 29.2. The van der Waals surface area contributed by atoms with Crippen LogP contribution >= 0.6 is 0 Å². The molecule has 1 N–H and O–H groups in total. The number of amides is 1. The van der Waals surface area contributed by atoms with Crippen LogP contribution in [0.3, 0.4) is 0 Å². The lowest BCUT2D eigenvalue weighted by atomic mass is 9.95. The first-order valence-electron chi connectivity index (χ1n) is 9.21. The molecule has 1 atom stereocenters. The van der Waals surface area contributed by atoms with Gasteiger partial charge < -0.3 is 24.1 Å². The molecular weight excluding hydrogens is 372 g/mol. The van der Waals surface area contributed by atoms with E-state index < -0.39 is 23.5 Å². The van der Waals surface area contributed by atoms with E-state index >= 15 is 0 Å². The predicted octanol–water partition coefficient (Wildman–Crippen LogP) is 2.83. The molecule has 1 aliphatic heterocycles. The molecule has 152 valence electrons. The lowest BCUT2D eigenvalue weighted by molar-refractivity contribution is -0.129. The number of hydrogen-bond donors (Lipinski definition) is 1. The van der Waals surface area contributed by atoms with Gasteiger partial charge in [-0.1, -0.05) is 12.1 Å². The van der Waals surface area contributed by atoms with Crippen molar-refractivity contribution in [3.8, 4) is 5.75 Å². The molecule has 1 aliphatic rings. The number of likely N-dealkylation sites (N-methyl/N-ethyl adjacent to an activating group) is 1. The summed E-state index contributed by atoms with van der Waals surface area (Å²) in [6.45, 7) is 0.944. The second-order valence-corrected chi connectivity index (χ2v) is 6.96. The van der Waals surface area contributed by atoms with Crippen molar-refractivity contribution >= 4 is 17.8 Å². The standard InChI is InChI=1S/C22H24N2O5/c1-23(2)11-12-24-20(15-6-4-7-17(14-15)28-3)19(21(26)22(24)27)18(25)10-9-16-8-5-13-29-16/h4-10,13-14,20,26H,11-12H2,1-3H3/b10-9+. The third-order valence-corrected chi connectivity index (χ3v) is 4.71. The highest BCUT2D eigenvalue weighted by Gasteiger charge is 2.42. The maximum Gasteiger partial charge on any atom is 0.290 e. The summed E-state index contributed by atoms with van der Waals surface area (Å²) in [5.74, 6) is -0.426. The Kier molecular flexibility index (Phi) is 6.19. The van der Waals surface area contributed by atoms with Gasteiger partial charge in [0.05, 0.1) is 25.0 Å². The fourth-order valence-corrected chi connectivity index (χ4v) is 3.24. The molecule has 1 amide bonds. The molecule has 2 heterocycles. The topological polar surface area (TPSA) is 83.2 Å². The number of nitrogens with zero attached hydrogens (tertiary/aromatic N) is 2. The van der Waals surface area contributed by atoms with Crippen LogP contribution in [0.4, 0.5) is 0 Å². The molecule has 29 heavy (non-hydrogen) atoms. The van der Waals surface area contributed by atoms with E-state index in [-0.39, 0.29) is 5.57 Å². The summed E-state index contributed by atoms with van der Waals surface area (Å²) in [5, 5.41) is 10.5. The number of aliphatic hydroxyl groups excluding tert-OH is 1. The zero-order valence-electron chi connectivity index (χ0n) is 16.7. The largest absolute Gasteiger partial charge is 0.503 e. The highest BCUT2D eigenvalue weighted by atomic mass is 16.5. The molecule has 7 nitrogen and oxygen atoms in total. The molecule has 0 spiro atoms. The lowest BCUT2D eigenvalue weighted by Gasteiger charge is -2.28. The van der Waals surface area contributed by atoms with Crippen molar-refractivity contribution in [3.05, 3.63) is 71.4 Å². The van der Waals surface area contributed by atoms with Gasteiger partial charge in [-0.25, -0.2) is 0 Å². The van der Waals surface area contributed by atoms with Crippen LogP contribution in [-0.2, 0) is 9.59 Å². The van der Waals surface area contributed by atoms with E-state index in [2.05, 4.69) is 0 Å². The van der Waals surface area contributed by atoms with Crippen LogP contribution in [0.1, 0.15) is 17.4 Å². The van der Waals surface area contributed by atoms with Crippen LogP contribution in [0.25, 0.3) is 6.08 Å². The Balaban J connectivity index is 2.00. The third-order valence-electron chi connectivity index (χ3n) is 4.71. The molecule has 0 radical (unpaired) electrons. The van der Waals surface area contributed by atoms with Gasteiger partial charge in [0.1, 0.15) is 11.5 Å². The maximum atomic E-state index is 13.0. The molecule has 0 aliphatic carbocycles. The normalized spacial score (nSPS) is 17.0. The average Bonchev–Trinajstić information content (AvgIpc) is 3.32. The van der Waals surface area contributed by atoms with E-state index in [0.29, 0.717) is 30.2 Å². The number of ketones is 1. The average molecular weight is 396 g/mol. The summed E-state index contributed by atoms with van der Waals surface area (Å²) in [6.07, 6.45) is 4.32. The lowest BCUT2D eigenvalue weighted by Crippen LogP contribution is -2.36. The van der Waals surface area contributed by atoms with E-state index in [9.17, 15) is 14.7 Å². The molecule has 1 aromatic heterocycles. The SMILES string of the molecule is COc1cccc(C2C(C(=O)/C=C/c3ccco3)=C(O)C(=O)N2CCN(C)C)c1. The second-order valence-electron chi connectivity index (χ2n) is 6.96. The minimum atomic E-state index is -0.702. The van der Waals surface area contributed by atoms with E-state index in [1.54, 1.807) is 37.4 Å². The number of rotatable bonds is 8. The second kappa shape index (κ2) is 8.79. The van der Waals surface area contributed by atoms with Crippen LogP contribution in [0.5, 0.6) is 5.75 Å². The molecule has 0 fully saturated rings. The van der Waals surface area contributed by atoms with Crippen molar-refractivity contribution in [2.24, 2.45) is 0 Å². The number of allylic oxidation sites excluding steroid dienone is 1. The van der Waals surface area contributed by atoms with Gasteiger partial charge in [-0.3, -0.25) is 9.59 Å². The van der Waals surface area contributed by atoms with Gasteiger partial charge >= 0.3 is 0 Å². The molecule has 1 unspecified atom stereocenters. The Hall–Kier alpha value is -3.32. The van der Waals surface area contributed by atoms with E-state index in [1.165, 1.54) is 23.3 Å². The Morgan fingerprint density at radius 3 is 2.76 bits per heavy atom. The Bertz CT molecular complexity index is 944. The minimum absolute atomic E-state index is 0.0461. The number of carbonyl (C=O) groups is 2. The monoisotopic (exact) mass is 396 g/mol.